The number of aryl methyl sites for hydroxylation is 1. The third kappa shape index (κ3) is 3.62. The number of fused-ring (bicyclic) bond motifs is 1. The molecule has 1 aromatic carbocycles. The van der Waals surface area contributed by atoms with Gasteiger partial charge in [0.25, 0.3) is 5.91 Å². The molecule has 3 rings (SSSR count). The van der Waals surface area contributed by atoms with Crippen molar-refractivity contribution in [3.8, 4) is 17.0 Å². The summed E-state index contributed by atoms with van der Waals surface area (Å²) in [5.74, 6) is 0.583. The van der Waals surface area contributed by atoms with Crippen molar-refractivity contribution in [3.63, 3.8) is 0 Å². The number of anilines is 2. The molecular formula is C16H19N3O4S2. The summed E-state index contributed by atoms with van der Waals surface area (Å²) in [5, 5.41) is 0.347. The molecule has 0 atom stereocenters. The number of hydrogen-bond acceptors (Lipinski definition) is 6. The van der Waals surface area contributed by atoms with E-state index in [2.05, 4.69) is 9.71 Å². The Morgan fingerprint density at radius 3 is 2.88 bits per heavy atom. The Morgan fingerprint density at radius 2 is 2.16 bits per heavy atom. The van der Waals surface area contributed by atoms with Gasteiger partial charge in [-0.1, -0.05) is 6.92 Å². The highest BCUT2D eigenvalue weighted by Gasteiger charge is 2.23. The lowest BCUT2D eigenvalue weighted by Crippen LogP contribution is -2.35. The van der Waals surface area contributed by atoms with E-state index in [9.17, 15) is 13.2 Å². The van der Waals surface area contributed by atoms with Crippen LogP contribution in [0.25, 0.3) is 11.3 Å². The van der Waals surface area contributed by atoms with E-state index in [0.717, 1.165) is 10.4 Å². The van der Waals surface area contributed by atoms with Crippen LogP contribution in [0, 0.1) is 6.92 Å². The van der Waals surface area contributed by atoms with Crippen LogP contribution in [0.4, 0.5) is 10.8 Å². The van der Waals surface area contributed by atoms with E-state index >= 15 is 0 Å². The van der Waals surface area contributed by atoms with Gasteiger partial charge in [0.2, 0.25) is 10.0 Å². The first kappa shape index (κ1) is 17.7. The smallest absolute Gasteiger partial charge is 0.264 e. The topological polar surface area (TPSA) is 88.6 Å². The molecule has 1 aromatic heterocycles. The molecule has 2 aromatic rings. The van der Waals surface area contributed by atoms with Crippen LogP contribution >= 0.6 is 11.3 Å². The molecule has 25 heavy (non-hydrogen) atoms. The predicted octanol–water partition coefficient (Wildman–Crippen LogP) is 2.63. The third-order valence-electron chi connectivity index (χ3n) is 3.83. The van der Waals surface area contributed by atoms with Crippen molar-refractivity contribution in [2.45, 2.75) is 20.3 Å². The van der Waals surface area contributed by atoms with Crippen LogP contribution in [0.2, 0.25) is 0 Å². The summed E-state index contributed by atoms with van der Waals surface area (Å²) in [4.78, 5) is 18.7. The van der Waals surface area contributed by atoms with E-state index in [-0.39, 0.29) is 18.3 Å². The van der Waals surface area contributed by atoms with Gasteiger partial charge in [-0.2, -0.15) is 0 Å². The molecule has 134 valence electrons. The minimum Gasteiger partial charge on any atom is -0.482 e. The van der Waals surface area contributed by atoms with Crippen LogP contribution in [-0.2, 0) is 14.8 Å². The molecule has 1 aliphatic rings. The molecule has 0 radical (unpaired) electrons. The number of nitrogens with zero attached hydrogens (tertiary/aromatic N) is 2. The molecule has 0 saturated carbocycles. The Hall–Kier alpha value is -2.13. The van der Waals surface area contributed by atoms with Crippen LogP contribution in [0.1, 0.15) is 18.2 Å². The molecule has 0 spiro atoms. The van der Waals surface area contributed by atoms with Gasteiger partial charge in [0, 0.05) is 17.5 Å². The molecule has 9 heteroatoms. The fourth-order valence-electron chi connectivity index (χ4n) is 2.58. The Labute approximate surface area is 150 Å². The Bertz CT molecular complexity index is 921. The lowest BCUT2D eigenvalue weighted by Gasteiger charge is -2.26. The molecule has 1 amide bonds. The van der Waals surface area contributed by atoms with E-state index < -0.39 is 10.0 Å². The van der Waals surface area contributed by atoms with Crippen LogP contribution in [-0.4, -0.2) is 38.7 Å². The summed E-state index contributed by atoms with van der Waals surface area (Å²) in [6.07, 6.45) is 0.539. The van der Waals surface area contributed by atoms with E-state index in [1.807, 2.05) is 26.0 Å². The third-order valence-corrected chi connectivity index (χ3v) is 6.30. The van der Waals surface area contributed by atoms with E-state index in [1.54, 1.807) is 18.0 Å². The fourth-order valence-corrected chi connectivity index (χ4v) is 4.77. The van der Waals surface area contributed by atoms with E-state index in [1.165, 1.54) is 11.3 Å². The van der Waals surface area contributed by atoms with Crippen LogP contribution < -0.4 is 14.4 Å². The van der Waals surface area contributed by atoms with Gasteiger partial charge in [-0.05, 0) is 31.5 Å². The van der Waals surface area contributed by atoms with E-state index in [0.29, 0.717) is 28.7 Å². The predicted molar refractivity (Wildman–Crippen MR) is 98.9 cm³/mol. The Balaban J connectivity index is 1.94. The van der Waals surface area contributed by atoms with Crippen LogP contribution in [0.3, 0.4) is 0 Å². The maximum absolute atomic E-state index is 11.9. The van der Waals surface area contributed by atoms with Crippen molar-refractivity contribution < 1.29 is 17.9 Å². The number of aromatic nitrogens is 1. The summed E-state index contributed by atoms with van der Waals surface area (Å²) in [6, 6.07) is 5.49. The van der Waals surface area contributed by atoms with Crippen molar-refractivity contribution in [1.29, 1.82) is 0 Å². The molecule has 7 nitrogen and oxygen atoms in total. The molecule has 0 unspecified atom stereocenters. The molecule has 0 aliphatic carbocycles. The number of likely N-dealkylation sites (N-methyl/N-ethyl adjacent to an activating group) is 1. The van der Waals surface area contributed by atoms with Crippen LogP contribution in [0.5, 0.6) is 5.75 Å². The summed E-state index contributed by atoms with van der Waals surface area (Å²) in [7, 11) is -1.68. The highest BCUT2D eigenvalue weighted by Crippen LogP contribution is 2.37. The lowest BCUT2D eigenvalue weighted by atomic mass is 10.1. The zero-order chi connectivity index (χ0) is 18.2. The molecule has 0 saturated heterocycles. The van der Waals surface area contributed by atoms with Gasteiger partial charge in [-0.15, -0.1) is 11.3 Å². The molecular weight excluding hydrogens is 362 g/mol. The SMILES string of the molecule is CCCS(=O)(=O)Nc1nc(-c2ccc3c(c2)N(C)C(=O)CO3)c(C)s1. The summed E-state index contributed by atoms with van der Waals surface area (Å²) in [5.41, 5.74) is 2.17. The second-order valence-electron chi connectivity index (χ2n) is 5.77. The maximum Gasteiger partial charge on any atom is 0.264 e. The first-order valence-electron chi connectivity index (χ1n) is 7.82. The van der Waals surface area contributed by atoms with Crippen molar-refractivity contribution in [2.24, 2.45) is 0 Å². The standard InChI is InChI=1S/C16H19N3O4S2/c1-4-7-25(21,22)18-16-17-15(10(2)24-16)11-5-6-13-12(8-11)19(3)14(20)9-23-13/h5-6,8H,4,7,9H2,1-3H3,(H,17,18). The number of thiazole rings is 1. The zero-order valence-electron chi connectivity index (χ0n) is 14.2. The number of rotatable bonds is 5. The minimum absolute atomic E-state index is 0.0297. The second-order valence-corrected chi connectivity index (χ2v) is 8.81. The molecule has 0 fully saturated rings. The number of carbonyl (C=O) groups is 1. The average Bonchev–Trinajstić information content (AvgIpc) is 2.90. The van der Waals surface area contributed by atoms with E-state index in [4.69, 9.17) is 4.74 Å². The quantitative estimate of drug-likeness (QED) is 0.860. The Kier molecular flexibility index (Phi) is 4.70. The number of hydrogen-bond donors (Lipinski definition) is 1. The Morgan fingerprint density at radius 1 is 1.40 bits per heavy atom. The number of ether oxygens (including phenoxy) is 1. The van der Waals surface area contributed by atoms with Gasteiger partial charge in [0.05, 0.1) is 17.1 Å². The monoisotopic (exact) mass is 381 g/mol. The van der Waals surface area contributed by atoms with Crippen molar-refractivity contribution in [3.05, 3.63) is 23.1 Å². The summed E-state index contributed by atoms with van der Waals surface area (Å²) >= 11 is 1.29. The molecule has 0 bridgehead atoms. The second kappa shape index (κ2) is 6.64. The molecule has 1 aliphatic heterocycles. The number of sulfonamides is 1. The number of benzene rings is 1. The first-order valence-corrected chi connectivity index (χ1v) is 10.3. The maximum atomic E-state index is 11.9. The van der Waals surface area contributed by atoms with Crippen molar-refractivity contribution >= 4 is 38.1 Å². The highest BCUT2D eigenvalue weighted by atomic mass is 32.2. The van der Waals surface area contributed by atoms with Crippen LogP contribution in [0.15, 0.2) is 18.2 Å². The number of amides is 1. The normalized spacial score (nSPS) is 14.2. The first-order chi connectivity index (χ1) is 11.8. The number of carbonyl (C=O) groups excluding carboxylic acids is 1. The van der Waals surface area contributed by atoms with Gasteiger partial charge in [0.15, 0.2) is 11.7 Å². The van der Waals surface area contributed by atoms with Gasteiger partial charge in [-0.25, -0.2) is 13.4 Å². The largest absolute Gasteiger partial charge is 0.482 e. The average molecular weight is 381 g/mol. The fraction of sp³-hybridized carbons (Fsp3) is 0.375. The zero-order valence-corrected chi connectivity index (χ0v) is 15.8. The van der Waals surface area contributed by atoms with Crippen molar-refractivity contribution in [2.75, 3.05) is 29.0 Å². The number of nitrogens with one attached hydrogen (secondary N) is 1. The summed E-state index contributed by atoms with van der Waals surface area (Å²) in [6.45, 7) is 3.72. The van der Waals surface area contributed by atoms with Gasteiger partial charge in [0.1, 0.15) is 5.75 Å². The lowest BCUT2D eigenvalue weighted by molar-refractivity contribution is -0.120. The molecule has 2 heterocycles. The summed E-state index contributed by atoms with van der Waals surface area (Å²) < 4.78 is 31.8. The van der Waals surface area contributed by atoms with Gasteiger partial charge >= 0.3 is 0 Å². The van der Waals surface area contributed by atoms with Gasteiger partial charge < -0.3 is 9.64 Å². The minimum atomic E-state index is -3.38. The van der Waals surface area contributed by atoms with Crippen molar-refractivity contribution in [1.82, 2.24) is 4.98 Å². The molecule has 1 N–H and O–H groups in total. The van der Waals surface area contributed by atoms with Gasteiger partial charge in [-0.3, -0.25) is 9.52 Å². The highest BCUT2D eigenvalue weighted by molar-refractivity contribution is 7.92.